The first-order valence-corrected chi connectivity index (χ1v) is 5.73. The number of nitrogens with zero attached hydrogens (tertiary/aromatic N) is 2. The van der Waals surface area contributed by atoms with E-state index in [1.165, 1.54) is 19.1 Å². The predicted molar refractivity (Wildman–Crippen MR) is 66.5 cm³/mol. The maximum absolute atomic E-state index is 13.5. The summed E-state index contributed by atoms with van der Waals surface area (Å²) in [5.74, 6) is 0.0557. The van der Waals surface area contributed by atoms with Gasteiger partial charge in [0.1, 0.15) is 17.5 Å². The second-order valence-electron chi connectivity index (χ2n) is 4.21. The molecule has 2 rings (SSSR count). The maximum Gasteiger partial charge on any atom is 0.146 e. The Balaban J connectivity index is 1.99. The minimum atomic E-state index is -0.436. The Morgan fingerprint density at radius 2 is 2.06 bits per heavy atom. The van der Waals surface area contributed by atoms with E-state index in [1.807, 2.05) is 17.8 Å². The average Bonchev–Trinajstić information content (AvgIpc) is 2.72. The summed E-state index contributed by atoms with van der Waals surface area (Å²) in [4.78, 5) is 4.16. The summed E-state index contributed by atoms with van der Waals surface area (Å²) < 4.78 is 28.7. The average molecular weight is 251 g/mol. The van der Waals surface area contributed by atoms with Crippen molar-refractivity contribution < 1.29 is 8.78 Å². The summed E-state index contributed by atoms with van der Waals surface area (Å²) in [6, 6.07) is 2.38. The van der Waals surface area contributed by atoms with E-state index in [4.69, 9.17) is 0 Å². The molecule has 0 unspecified atom stereocenters. The largest absolute Gasteiger partial charge is 0.382 e. The topological polar surface area (TPSA) is 29.9 Å². The molecule has 0 spiro atoms. The highest BCUT2D eigenvalue weighted by Gasteiger charge is 2.07. The van der Waals surface area contributed by atoms with Crippen molar-refractivity contribution in [1.29, 1.82) is 0 Å². The molecule has 0 amide bonds. The zero-order valence-corrected chi connectivity index (χ0v) is 10.4. The van der Waals surface area contributed by atoms with E-state index >= 15 is 0 Å². The van der Waals surface area contributed by atoms with Gasteiger partial charge in [-0.1, -0.05) is 0 Å². The summed E-state index contributed by atoms with van der Waals surface area (Å²) in [5, 5.41) is 2.88. The van der Waals surface area contributed by atoms with E-state index in [0.29, 0.717) is 18.5 Å². The van der Waals surface area contributed by atoms with Gasteiger partial charge in [-0.3, -0.25) is 0 Å². The van der Waals surface area contributed by atoms with E-state index < -0.39 is 11.6 Å². The van der Waals surface area contributed by atoms with Gasteiger partial charge in [0.2, 0.25) is 0 Å². The normalized spacial score (nSPS) is 10.7. The Morgan fingerprint density at radius 1 is 1.28 bits per heavy atom. The van der Waals surface area contributed by atoms with Crippen LogP contribution >= 0.6 is 0 Å². The molecule has 0 saturated heterocycles. The molecule has 0 radical (unpaired) electrons. The third-order valence-electron chi connectivity index (χ3n) is 2.83. The molecule has 1 aromatic heterocycles. The molecular formula is C13H15F2N3. The molecule has 0 aliphatic carbocycles. The summed E-state index contributed by atoms with van der Waals surface area (Å²) >= 11 is 0. The fourth-order valence-electron chi connectivity index (χ4n) is 1.73. The first-order chi connectivity index (χ1) is 8.58. The van der Waals surface area contributed by atoms with Gasteiger partial charge in [-0.15, -0.1) is 0 Å². The van der Waals surface area contributed by atoms with Crippen molar-refractivity contribution in [3.8, 4) is 0 Å². The highest BCUT2D eigenvalue weighted by molar-refractivity contribution is 5.46. The van der Waals surface area contributed by atoms with Crippen molar-refractivity contribution in [3.63, 3.8) is 0 Å². The van der Waals surface area contributed by atoms with Crippen molar-refractivity contribution in [1.82, 2.24) is 9.55 Å². The van der Waals surface area contributed by atoms with Crippen LogP contribution in [0.15, 0.2) is 24.5 Å². The van der Waals surface area contributed by atoms with Gasteiger partial charge < -0.3 is 9.88 Å². The monoisotopic (exact) mass is 251 g/mol. The van der Waals surface area contributed by atoms with Gasteiger partial charge in [-0.2, -0.15) is 0 Å². The Labute approximate surface area is 104 Å². The van der Waals surface area contributed by atoms with Gasteiger partial charge in [0.25, 0.3) is 0 Å². The van der Waals surface area contributed by atoms with Crippen LogP contribution in [0.2, 0.25) is 0 Å². The zero-order valence-electron chi connectivity index (χ0n) is 10.4. The Kier molecular flexibility index (Phi) is 3.60. The third-order valence-corrected chi connectivity index (χ3v) is 2.83. The van der Waals surface area contributed by atoms with Gasteiger partial charge in [0, 0.05) is 38.5 Å². The Bertz CT molecular complexity index is 549. The second kappa shape index (κ2) is 5.16. The number of hydrogen-bond donors (Lipinski definition) is 1. The van der Waals surface area contributed by atoms with Crippen LogP contribution in [0.5, 0.6) is 0 Å². The number of aromatic nitrogens is 2. The molecule has 0 saturated carbocycles. The smallest absolute Gasteiger partial charge is 0.146 e. The first-order valence-electron chi connectivity index (χ1n) is 5.73. The van der Waals surface area contributed by atoms with E-state index in [0.717, 1.165) is 5.82 Å². The second-order valence-corrected chi connectivity index (χ2v) is 4.21. The number of anilines is 1. The maximum atomic E-state index is 13.5. The molecule has 0 aliphatic heterocycles. The molecule has 18 heavy (non-hydrogen) atoms. The van der Waals surface area contributed by atoms with Crippen molar-refractivity contribution in [2.75, 3.05) is 11.9 Å². The van der Waals surface area contributed by atoms with Crippen LogP contribution in [0.25, 0.3) is 0 Å². The quantitative estimate of drug-likeness (QED) is 0.905. The number of aryl methyl sites for hydroxylation is 2. The molecule has 3 nitrogen and oxygen atoms in total. The van der Waals surface area contributed by atoms with Crippen molar-refractivity contribution >= 4 is 5.69 Å². The molecule has 0 bridgehead atoms. The van der Waals surface area contributed by atoms with Crippen LogP contribution in [-0.2, 0) is 13.5 Å². The molecule has 1 aromatic carbocycles. The van der Waals surface area contributed by atoms with Gasteiger partial charge in [-0.05, 0) is 18.6 Å². The summed E-state index contributed by atoms with van der Waals surface area (Å²) in [5.41, 5.74) is 0.495. The first kappa shape index (κ1) is 12.5. The van der Waals surface area contributed by atoms with E-state index in [-0.39, 0.29) is 5.69 Å². The molecular weight excluding hydrogens is 236 g/mol. The van der Waals surface area contributed by atoms with Crippen LogP contribution in [0, 0.1) is 18.6 Å². The Hall–Kier alpha value is -1.91. The molecule has 0 fully saturated rings. The highest BCUT2D eigenvalue weighted by atomic mass is 19.1. The standard InChI is InChI=1S/C13H15F2N3/c1-9-7-11(15)12(8-10(9)14)16-4-3-13-17-5-6-18(13)2/h5-8,16H,3-4H2,1-2H3. The van der Waals surface area contributed by atoms with Crippen LogP contribution in [-0.4, -0.2) is 16.1 Å². The lowest BCUT2D eigenvalue weighted by Gasteiger charge is -2.09. The lowest BCUT2D eigenvalue weighted by molar-refractivity contribution is 0.594. The fraction of sp³-hybridized carbons (Fsp3) is 0.308. The number of halogens is 2. The third kappa shape index (κ3) is 2.67. The molecule has 5 heteroatoms. The van der Waals surface area contributed by atoms with Crippen LogP contribution in [0.1, 0.15) is 11.4 Å². The van der Waals surface area contributed by atoms with E-state index in [1.54, 1.807) is 6.20 Å². The summed E-state index contributed by atoms with van der Waals surface area (Å²) in [6.45, 7) is 2.04. The Morgan fingerprint density at radius 3 is 2.72 bits per heavy atom. The van der Waals surface area contributed by atoms with Crippen LogP contribution in [0.3, 0.4) is 0 Å². The molecule has 1 heterocycles. The number of nitrogens with one attached hydrogen (secondary N) is 1. The summed E-state index contributed by atoms with van der Waals surface area (Å²) in [6.07, 6.45) is 4.21. The molecule has 1 N–H and O–H groups in total. The fourth-order valence-corrected chi connectivity index (χ4v) is 1.73. The minimum Gasteiger partial charge on any atom is -0.382 e. The van der Waals surface area contributed by atoms with Gasteiger partial charge >= 0.3 is 0 Å². The zero-order chi connectivity index (χ0) is 13.1. The van der Waals surface area contributed by atoms with Crippen molar-refractivity contribution in [3.05, 3.63) is 47.5 Å². The molecule has 0 aliphatic rings. The predicted octanol–water partition coefficient (Wildman–Crippen LogP) is 2.66. The van der Waals surface area contributed by atoms with Crippen molar-refractivity contribution in [2.24, 2.45) is 7.05 Å². The van der Waals surface area contributed by atoms with Crippen LogP contribution in [0.4, 0.5) is 14.5 Å². The van der Waals surface area contributed by atoms with Gasteiger partial charge in [0.05, 0.1) is 5.69 Å². The molecule has 96 valence electrons. The molecule has 2 aromatic rings. The van der Waals surface area contributed by atoms with E-state index in [2.05, 4.69) is 10.3 Å². The van der Waals surface area contributed by atoms with Crippen LogP contribution < -0.4 is 5.32 Å². The highest BCUT2D eigenvalue weighted by Crippen LogP contribution is 2.18. The lowest BCUT2D eigenvalue weighted by Crippen LogP contribution is -2.10. The number of imidazole rings is 1. The number of hydrogen-bond acceptors (Lipinski definition) is 2. The summed E-state index contributed by atoms with van der Waals surface area (Å²) in [7, 11) is 1.90. The van der Waals surface area contributed by atoms with Gasteiger partial charge in [-0.25, -0.2) is 13.8 Å². The lowest BCUT2D eigenvalue weighted by atomic mass is 10.2. The van der Waals surface area contributed by atoms with Crippen molar-refractivity contribution in [2.45, 2.75) is 13.3 Å². The number of benzene rings is 1. The minimum absolute atomic E-state index is 0.187. The molecule has 0 atom stereocenters. The van der Waals surface area contributed by atoms with E-state index in [9.17, 15) is 8.78 Å². The number of rotatable bonds is 4. The van der Waals surface area contributed by atoms with Gasteiger partial charge in [0.15, 0.2) is 0 Å². The SMILES string of the molecule is Cc1cc(F)c(NCCc2nccn2C)cc1F.